The van der Waals surface area contributed by atoms with E-state index in [2.05, 4.69) is 112 Å². The van der Waals surface area contributed by atoms with Crippen LogP contribution in [-0.4, -0.2) is 5.71 Å². The highest BCUT2D eigenvalue weighted by Crippen LogP contribution is 2.43. The van der Waals surface area contributed by atoms with Gasteiger partial charge in [-0.2, -0.15) is 0 Å². The Kier molecular flexibility index (Phi) is 5.08. The number of nitrogens with zero attached hydrogens (tertiary/aromatic N) is 1. The van der Waals surface area contributed by atoms with Crippen LogP contribution in [0.2, 0.25) is 0 Å². The van der Waals surface area contributed by atoms with E-state index in [1.807, 2.05) is 0 Å². The van der Waals surface area contributed by atoms with Crippen LogP contribution in [0.3, 0.4) is 0 Å². The maximum atomic E-state index is 5.07. The van der Waals surface area contributed by atoms with Gasteiger partial charge in [0.05, 0.1) is 0 Å². The molecule has 0 bridgehead atoms. The average Bonchev–Trinajstić information content (AvgIpc) is 2.83. The van der Waals surface area contributed by atoms with Crippen molar-refractivity contribution in [2.75, 3.05) is 0 Å². The fraction of sp³-hybridized carbons (Fsp3) is 0.148. The molecule has 0 N–H and O–H groups in total. The number of aliphatic imine (C=N–C) groups is 1. The van der Waals surface area contributed by atoms with E-state index in [1.54, 1.807) is 0 Å². The second kappa shape index (κ2) is 7.82. The van der Waals surface area contributed by atoms with Crippen molar-refractivity contribution in [3.63, 3.8) is 0 Å². The zero-order valence-corrected chi connectivity index (χ0v) is 16.7. The molecule has 0 aromatic heterocycles. The van der Waals surface area contributed by atoms with Crippen LogP contribution in [0, 0.1) is 0 Å². The zero-order valence-electron chi connectivity index (χ0n) is 16.7. The van der Waals surface area contributed by atoms with Crippen molar-refractivity contribution in [3.05, 3.63) is 119 Å². The smallest absolute Gasteiger partial charge is 0.0479 e. The van der Waals surface area contributed by atoms with Gasteiger partial charge < -0.3 is 0 Å². The normalized spacial score (nSPS) is 17.4. The molecule has 4 rings (SSSR count). The summed E-state index contributed by atoms with van der Waals surface area (Å²) < 4.78 is 0. The van der Waals surface area contributed by atoms with E-state index in [0.29, 0.717) is 0 Å². The quantitative estimate of drug-likeness (QED) is 0.468. The summed E-state index contributed by atoms with van der Waals surface area (Å²) in [5, 5.41) is 0. The fourth-order valence-corrected chi connectivity index (χ4v) is 4.30. The highest BCUT2D eigenvalue weighted by atomic mass is 14.8. The molecule has 1 heterocycles. The molecule has 1 heteroatoms. The molecule has 0 saturated carbocycles. The third-order valence-corrected chi connectivity index (χ3v) is 5.47. The Balaban J connectivity index is 2.03. The minimum absolute atomic E-state index is 0.139. The molecule has 0 saturated heterocycles. The molecule has 0 aliphatic carbocycles. The summed E-state index contributed by atoms with van der Waals surface area (Å²) in [5.41, 5.74) is 9.83. The summed E-state index contributed by atoms with van der Waals surface area (Å²) in [5.74, 6) is 0.139. The lowest BCUT2D eigenvalue weighted by Gasteiger charge is -2.23. The van der Waals surface area contributed by atoms with Gasteiger partial charge in [-0.05, 0) is 48.6 Å². The summed E-state index contributed by atoms with van der Waals surface area (Å²) in [6.45, 7) is 6.54. The van der Waals surface area contributed by atoms with Crippen molar-refractivity contribution in [2.24, 2.45) is 4.99 Å². The third-order valence-electron chi connectivity index (χ3n) is 5.47. The first-order chi connectivity index (χ1) is 13.7. The minimum atomic E-state index is 0.139. The second-order valence-electron chi connectivity index (χ2n) is 7.33. The number of benzene rings is 3. The van der Waals surface area contributed by atoms with E-state index in [4.69, 9.17) is 4.99 Å². The van der Waals surface area contributed by atoms with E-state index in [9.17, 15) is 0 Å². The monoisotopic (exact) mass is 363 g/mol. The Hall–Kier alpha value is -3.19. The van der Waals surface area contributed by atoms with Gasteiger partial charge in [0.25, 0.3) is 0 Å². The highest BCUT2D eigenvalue weighted by molar-refractivity contribution is 6.07. The van der Waals surface area contributed by atoms with Gasteiger partial charge in [0.1, 0.15) is 0 Å². The largest absolute Gasteiger partial charge is 0.261 e. The molecular weight excluding hydrogens is 338 g/mol. The summed E-state index contributed by atoms with van der Waals surface area (Å²) >= 11 is 0. The Morgan fingerprint density at radius 3 is 1.68 bits per heavy atom. The summed E-state index contributed by atoms with van der Waals surface area (Å²) in [7, 11) is 0. The molecule has 138 valence electrons. The molecule has 0 spiro atoms. The Labute approximate surface area is 167 Å². The van der Waals surface area contributed by atoms with Crippen molar-refractivity contribution in [1.82, 2.24) is 0 Å². The lowest BCUT2D eigenvalue weighted by Crippen LogP contribution is -2.12. The van der Waals surface area contributed by atoms with Crippen LogP contribution >= 0.6 is 0 Å². The first-order valence-corrected chi connectivity index (χ1v) is 9.80. The van der Waals surface area contributed by atoms with E-state index in [0.717, 1.165) is 11.4 Å². The van der Waals surface area contributed by atoms with Crippen LogP contribution in [0.4, 0.5) is 0 Å². The predicted octanol–water partition coefficient (Wildman–Crippen LogP) is 7.15. The van der Waals surface area contributed by atoms with Crippen LogP contribution in [-0.2, 0) is 0 Å². The molecule has 1 aliphatic heterocycles. The molecule has 3 aromatic carbocycles. The lowest BCUT2D eigenvalue weighted by atomic mass is 9.79. The summed E-state index contributed by atoms with van der Waals surface area (Å²) in [6.07, 6.45) is 0. The standard InChI is InChI=1S/C27H25N/c1-19-25(22-13-7-4-8-14-22)20(2)28-21(3)27(24-17-11-6-12-18-24)26(19)23-15-9-5-10-16-23/h4-18,27H,1-3H3. The predicted molar refractivity (Wildman–Crippen MR) is 120 cm³/mol. The van der Waals surface area contributed by atoms with Crippen molar-refractivity contribution in [1.29, 1.82) is 0 Å². The second-order valence-corrected chi connectivity index (χ2v) is 7.33. The van der Waals surface area contributed by atoms with Gasteiger partial charge >= 0.3 is 0 Å². The summed E-state index contributed by atoms with van der Waals surface area (Å²) in [6, 6.07) is 32.1. The molecule has 0 radical (unpaired) electrons. The average molecular weight is 364 g/mol. The zero-order chi connectivity index (χ0) is 19.5. The van der Waals surface area contributed by atoms with Crippen molar-refractivity contribution < 1.29 is 0 Å². The van der Waals surface area contributed by atoms with Crippen LogP contribution in [0.15, 0.2) is 107 Å². The Morgan fingerprint density at radius 2 is 1.11 bits per heavy atom. The number of hydrogen-bond acceptors (Lipinski definition) is 1. The molecule has 1 nitrogen and oxygen atoms in total. The molecule has 0 fully saturated rings. The van der Waals surface area contributed by atoms with Gasteiger partial charge in [0, 0.05) is 22.9 Å². The Bertz CT molecular complexity index is 1060. The van der Waals surface area contributed by atoms with Gasteiger partial charge in [-0.25, -0.2) is 0 Å². The number of hydrogen-bond donors (Lipinski definition) is 0. The van der Waals surface area contributed by atoms with Crippen molar-refractivity contribution in [2.45, 2.75) is 26.7 Å². The van der Waals surface area contributed by atoms with E-state index >= 15 is 0 Å². The van der Waals surface area contributed by atoms with E-state index < -0.39 is 0 Å². The van der Waals surface area contributed by atoms with Gasteiger partial charge in [-0.15, -0.1) is 0 Å². The SMILES string of the molecule is CC1=NC(C)=C(c2ccccc2)C(C)=C(c2ccccc2)C1c1ccccc1. The minimum Gasteiger partial charge on any atom is -0.261 e. The molecule has 1 aliphatic rings. The van der Waals surface area contributed by atoms with Gasteiger partial charge in [0.2, 0.25) is 0 Å². The van der Waals surface area contributed by atoms with Gasteiger partial charge in [-0.3, -0.25) is 4.99 Å². The maximum Gasteiger partial charge on any atom is 0.0479 e. The van der Waals surface area contributed by atoms with E-state index in [1.165, 1.54) is 33.4 Å². The van der Waals surface area contributed by atoms with Crippen LogP contribution in [0.1, 0.15) is 43.4 Å². The van der Waals surface area contributed by atoms with Crippen molar-refractivity contribution in [3.8, 4) is 0 Å². The molecule has 3 aromatic rings. The van der Waals surface area contributed by atoms with Crippen LogP contribution in [0.25, 0.3) is 11.1 Å². The van der Waals surface area contributed by atoms with E-state index in [-0.39, 0.29) is 5.92 Å². The molecular formula is C27H25N. The number of allylic oxidation sites excluding steroid dienone is 4. The lowest BCUT2D eigenvalue weighted by molar-refractivity contribution is 1.13. The molecule has 1 atom stereocenters. The van der Waals surface area contributed by atoms with Crippen molar-refractivity contribution >= 4 is 16.9 Å². The topological polar surface area (TPSA) is 12.4 Å². The molecule has 0 amide bonds. The summed E-state index contributed by atoms with van der Waals surface area (Å²) in [4.78, 5) is 5.07. The first-order valence-electron chi connectivity index (χ1n) is 9.80. The van der Waals surface area contributed by atoms with Gasteiger partial charge in [0.15, 0.2) is 0 Å². The first kappa shape index (κ1) is 18.2. The third kappa shape index (κ3) is 3.36. The van der Waals surface area contributed by atoms with Gasteiger partial charge in [-0.1, -0.05) is 91.0 Å². The fourth-order valence-electron chi connectivity index (χ4n) is 4.30. The highest BCUT2D eigenvalue weighted by Gasteiger charge is 2.27. The Morgan fingerprint density at radius 1 is 0.607 bits per heavy atom. The van der Waals surface area contributed by atoms with Crippen LogP contribution < -0.4 is 0 Å². The van der Waals surface area contributed by atoms with Crippen LogP contribution in [0.5, 0.6) is 0 Å². The number of rotatable bonds is 3. The molecule has 28 heavy (non-hydrogen) atoms. The molecule has 1 unspecified atom stereocenters. The maximum absolute atomic E-state index is 5.07.